The predicted molar refractivity (Wildman–Crippen MR) is 93.0 cm³/mol. The summed E-state index contributed by atoms with van der Waals surface area (Å²) >= 11 is 0. The molecule has 6 heteroatoms. The molecule has 0 bridgehead atoms. The lowest BCUT2D eigenvalue weighted by Gasteiger charge is -2.07. The molecule has 0 spiro atoms. The number of nitrogens with one attached hydrogen (secondary N) is 2. The van der Waals surface area contributed by atoms with E-state index in [0.29, 0.717) is 12.2 Å². The third-order valence-corrected chi connectivity index (χ3v) is 3.06. The van der Waals surface area contributed by atoms with E-state index >= 15 is 0 Å². The van der Waals surface area contributed by atoms with Gasteiger partial charge in [-0.15, -0.1) is 0 Å². The van der Waals surface area contributed by atoms with Crippen LogP contribution in [0.5, 0.6) is 5.75 Å². The summed E-state index contributed by atoms with van der Waals surface area (Å²) in [6, 6.07) is 16.3. The monoisotopic (exact) mass is 322 g/mol. The van der Waals surface area contributed by atoms with Crippen molar-refractivity contribution in [1.29, 1.82) is 5.26 Å². The maximum atomic E-state index is 11.7. The summed E-state index contributed by atoms with van der Waals surface area (Å²) < 4.78 is 5.35. The Bertz CT molecular complexity index is 731. The van der Waals surface area contributed by atoms with Crippen molar-refractivity contribution < 1.29 is 9.53 Å². The number of anilines is 1. The standard InChI is InChI=1S/C18H18N4O2/c1-2-24-17-9-7-16(8-10-17)20-13-18(23)22-21-12-15-5-3-14(11-19)4-6-15/h3-10,12,20H,2,13H2,1H3,(H,22,23)/b21-12-. The van der Waals surface area contributed by atoms with Crippen molar-refractivity contribution in [3.05, 3.63) is 59.7 Å². The van der Waals surface area contributed by atoms with Gasteiger partial charge >= 0.3 is 0 Å². The molecule has 0 saturated carbocycles. The van der Waals surface area contributed by atoms with Gasteiger partial charge in [-0.05, 0) is 48.9 Å². The van der Waals surface area contributed by atoms with Crippen molar-refractivity contribution in [3.63, 3.8) is 0 Å². The molecule has 2 aromatic carbocycles. The van der Waals surface area contributed by atoms with Crippen LogP contribution in [0.25, 0.3) is 0 Å². The van der Waals surface area contributed by atoms with Crippen LogP contribution >= 0.6 is 0 Å². The van der Waals surface area contributed by atoms with Gasteiger partial charge in [0.25, 0.3) is 5.91 Å². The van der Waals surface area contributed by atoms with E-state index in [1.165, 1.54) is 6.21 Å². The van der Waals surface area contributed by atoms with E-state index in [0.717, 1.165) is 17.0 Å². The van der Waals surface area contributed by atoms with Gasteiger partial charge in [0.05, 0.1) is 31.0 Å². The third-order valence-electron chi connectivity index (χ3n) is 3.06. The van der Waals surface area contributed by atoms with Crippen LogP contribution < -0.4 is 15.5 Å². The molecular weight excluding hydrogens is 304 g/mol. The maximum absolute atomic E-state index is 11.7. The number of benzene rings is 2. The lowest BCUT2D eigenvalue weighted by atomic mass is 10.2. The minimum atomic E-state index is -0.256. The number of carbonyl (C=O) groups is 1. The fourth-order valence-corrected chi connectivity index (χ4v) is 1.88. The SMILES string of the molecule is CCOc1ccc(NCC(=O)N/N=C\c2ccc(C#N)cc2)cc1. The van der Waals surface area contributed by atoms with E-state index in [9.17, 15) is 4.79 Å². The van der Waals surface area contributed by atoms with Crippen molar-refractivity contribution in [2.45, 2.75) is 6.92 Å². The number of hydrazone groups is 1. The van der Waals surface area contributed by atoms with Gasteiger partial charge in [-0.1, -0.05) is 12.1 Å². The molecule has 0 aromatic heterocycles. The molecule has 0 unspecified atom stereocenters. The predicted octanol–water partition coefficient (Wildman–Crippen LogP) is 2.52. The van der Waals surface area contributed by atoms with E-state index < -0.39 is 0 Å². The van der Waals surface area contributed by atoms with Gasteiger partial charge in [-0.25, -0.2) is 5.43 Å². The van der Waals surface area contributed by atoms with Crippen LogP contribution in [0.15, 0.2) is 53.6 Å². The first-order valence-corrected chi connectivity index (χ1v) is 7.50. The van der Waals surface area contributed by atoms with Gasteiger partial charge in [-0.3, -0.25) is 4.79 Å². The second-order valence-corrected chi connectivity index (χ2v) is 4.84. The molecule has 0 saturated heterocycles. The molecule has 0 aliphatic carbocycles. The average molecular weight is 322 g/mol. The van der Waals surface area contributed by atoms with Gasteiger partial charge in [0.15, 0.2) is 0 Å². The number of amides is 1. The van der Waals surface area contributed by atoms with Crippen LogP contribution in [-0.4, -0.2) is 25.3 Å². The number of nitriles is 1. The summed E-state index contributed by atoms with van der Waals surface area (Å²) in [5, 5.41) is 15.6. The number of hydrogen-bond acceptors (Lipinski definition) is 5. The quantitative estimate of drug-likeness (QED) is 0.606. The molecule has 0 radical (unpaired) electrons. The molecule has 1 amide bonds. The molecule has 2 N–H and O–H groups in total. The van der Waals surface area contributed by atoms with Crippen LogP contribution in [0, 0.1) is 11.3 Å². The molecule has 6 nitrogen and oxygen atoms in total. The van der Waals surface area contributed by atoms with Crippen molar-refractivity contribution in [3.8, 4) is 11.8 Å². The average Bonchev–Trinajstić information content (AvgIpc) is 2.62. The number of nitrogens with zero attached hydrogens (tertiary/aromatic N) is 2. The van der Waals surface area contributed by atoms with E-state index in [-0.39, 0.29) is 12.5 Å². The Balaban J connectivity index is 1.76. The first-order chi connectivity index (χ1) is 11.7. The van der Waals surface area contributed by atoms with Crippen molar-refractivity contribution in [2.24, 2.45) is 5.10 Å². The summed E-state index contributed by atoms with van der Waals surface area (Å²) in [6.07, 6.45) is 1.52. The largest absolute Gasteiger partial charge is 0.494 e. The van der Waals surface area contributed by atoms with E-state index in [2.05, 4.69) is 15.8 Å². The number of ether oxygens (including phenoxy) is 1. The Kier molecular flexibility index (Phi) is 6.35. The first kappa shape index (κ1) is 17.0. The fourth-order valence-electron chi connectivity index (χ4n) is 1.88. The molecule has 0 aliphatic heterocycles. The summed E-state index contributed by atoms with van der Waals surface area (Å²) in [5.41, 5.74) is 4.64. The van der Waals surface area contributed by atoms with Gasteiger partial charge in [-0.2, -0.15) is 10.4 Å². The Morgan fingerprint density at radius 3 is 2.54 bits per heavy atom. The highest BCUT2D eigenvalue weighted by atomic mass is 16.5. The Morgan fingerprint density at radius 1 is 1.21 bits per heavy atom. The van der Waals surface area contributed by atoms with Gasteiger partial charge in [0.1, 0.15) is 5.75 Å². The normalized spacial score (nSPS) is 10.2. The summed E-state index contributed by atoms with van der Waals surface area (Å²) in [4.78, 5) is 11.7. The molecular formula is C18H18N4O2. The Hall–Kier alpha value is -3.33. The van der Waals surface area contributed by atoms with E-state index in [4.69, 9.17) is 10.00 Å². The second kappa shape index (κ2) is 8.96. The lowest BCUT2D eigenvalue weighted by Crippen LogP contribution is -2.25. The Labute approximate surface area is 140 Å². The number of carbonyl (C=O) groups excluding carboxylic acids is 1. The summed E-state index contributed by atoms with van der Waals surface area (Å²) in [6.45, 7) is 2.65. The molecule has 0 atom stereocenters. The molecule has 0 heterocycles. The molecule has 0 fully saturated rings. The van der Waals surface area contributed by atoms with Crippen molar-refractivity contribution >= 4 is 17.8 Å². The lowest BCUT2D eigenvalue weighted by molar-refractivity contribution is -0.119. The minimum absolute atomic E-state index is 0.110. The molecule has 122 valence electrons. The second-order valence-electron chi connectivity index (χ2n) is 4.84. The molecule has 0 aliphatic rings. The highest BCUT2D eigenvalue weighted by Crippen LogP contribution is 2.15. The van der Waals surface area contributed by atoms with Crippen LogP contribution in [0.3, 0.4) is 0 Å². The van der Waals surface area contributed by atoms with Crippen LogP contribution in [0.1, 0.15) is 18.1 Å². The zero-order valence-electron chi connectivity index (χ0n) is 13.3. The van der Waals surface area contributed by atoms with E-state index in [1.54, 1.807) is 24.3 Å². The van der Waals surface area contributed by atoms with Crippen molar-refractivity contribution in [2.75, 3.05) is 18.5 Å². The maximum Gasteiger partial charge on any atom is 0.259 e. The molecule has 2 rings (SSSR count). The highest BCUT2D eigenvalue weighted by molar-refractivity contribution is 5.84. The number of rotatable bonds is 7. The van der Waals surface area contributed by atoms with E-state index in [1.807, 2.05) is 37.3 Å². The Morgan fingerprint density at radius 2 is 1.92 bits per heavy atom. The van der Waals surface area contributed by atoms with Gasteiger partial charge < -0.3 is 10.1 Å². The summed E-state index contributed by atoms with van der Waals surface area (Å²) in [7, 11) is 0. The molecule has 24 heavy (non-hydrogen) atoms. The zero-order chi connectivity index (χ0) is 17.2. The topological polar surface area (TPSA) is 86.5 Å². The third kappa shape index (κ3) is 5.46. The molecule has 2 aromatic rings. The van der Waals surface area contributed by atoms with Gasteiger partial charge in [0, 0.05) is 5.69 Å². The van der Waals surface area contributed by atoms with Crippen LogP contribution in [0.2, 0.25) is 0 Å². The van der Waals surface area contributed by atoms with Crippen LogP contribution in [0.4, 0.5) is 5.69 Å². The fraction of sp³-hybridized carbons (Fsp3) is 0.167. The summed E-state index contributed by atoms with van der Waals surface area (Å²) in [5.74, 6) is 0.535. The van der Waals surface area contributed by atoms with Gasteiger partial charge in [0.2, 0.25) is 0 Å². The van der Waals surface area contributed by atoms with Crippen LogP contribution in [-0.2, 0) is 4.79 Å². The number of hydrogen-bond donors (Lipinski definition) is 2. The first-order valence-electron chi connectivity index (χ1n) is 7.50. The van der Waals surface area contributed by atoms with Crippen molar-refractivity contribution in [1.82, 2.24) is 5.43 Å². The smallest absolute Gasteiger partial charge is 0.259 e. The highest BCUT2D eigenvalue weighted by Gasteiger charge is 2.00. The zero-order valence-corrected chi connectivity index (χ0v) is 13.3. The minimum Gasteiger partial charge on any atom is -0.494 e.